The molecular formula is C30H27NO. The lowest BCUT2D eigenvalue weighted by molar-refractivity contribution is 0.151. The first-order chi connectivity index (χ1) is 15.8. The van der Waals surface area contributed by atoms with Crippen LogP contribution >= 0.6 is 0 Å². The summed E-state index contributed by atoms with van der Waals surface area (Å²) < 4.78 is 6.47. The van der Waals surface area contributed by atoms with E-state index in [1.807, 2.05) is 0 Å². The van der Waals surface area contributed by atoms with Crippen molar-refractivity contribution in [3.63, 3.8) is 0 Å². The average molecular weight is 418 g/mol. The van der Waals surface area contributed by atoms with Crippen LogP contribution in [0, 0.1) is 0 Å². The second kappa shape index (κ2) is 9.67. The molecule has 0 bridgehead atoms. The lowest BCUT2D eigenvalue weighted by atomic mass is 9.93. The predicted octanol–water partition coefficient (Wildman–Crippen LogP) is 6.58. The minimum atomic E-state index is -0.0208. The van der Waals surface area contributed by atoms with Gasteiger partial charge in [-0.2, -0.15) is 0 Å². The molecule has 4 aromatic carbocycles. The van der Waals surface area contributed by atoms with Crippen LogP contribution in [0.3, 0.4) is 0 Å². The highest BCUT2D eigenvalue weighted by Gasteiger charge is 2.23. The Kier molecular flexibility index (Phi) is 6.13. The van der Waals surface area contributed by atoms with Gasteiger partial charge in [0.05, 0.1) is 0 Å². The zero-order valence-electron chi connectivity index (χ0n) is 18.1. The number of fused-ring (bicyclic) bond motifs is 1. The van der Waals surface area contributed by atoms with Gasteiger partial charge in [0.2, 0.25) is 0 Å². The van der Waals surface area contributed by atoms with Gasteiger partial charge in [-0.05, 0) is 34.4 Å². The monoisotopic (exact) mass is 417 g/mol. The highest BCUT2D eigenvalue weighted by Crippen LogP contribution is 2.36. The Balaban J connectivity index is 1.44. The molecule has 0 amide bonds. The highest BCUT2D eigenvalue weighted by molar-refractivity contribution is 5.84. The molecule has 0 aromatic heterocycles. The second-order valence-electron chi connectivity index (χ2n) is 8.24. The number of ether oxygens (including phenoxy) is 1. The van der Waals surface area contributed by atoms with Crippen molar-refractivity contribution >= 4 is 5.57 Å². The number of rotatable bonds is 7. The number of para-hydroxylation sites is 1. The molecule has 0 N–H and O–H groups in total. The molecule has 2 nitrogen and oxygen atoms in total. The maximum Gasteiger partial charge on any atom is 0.130 e. The van der Waals surface area contributed by atoms with Crippen LogP contribution in [0.15, 0.2) is 121 Å². The lowest BCUT2D eigenvalue weighted by Crippen LogP contribution is -2.35. The fourth-order valence-electron chi connectivity index (χ4n) is 4.35. The molecule has 0 radical (unpaired) electrons. The van der Waals surface area contributed by atoms with E-state index in [0.29, 0.717) is 0 Å². The molecule has 0 aliphatic carbocycles. The summed E-state index contributed by atoms with van der Waals surface area (Å²) in [5.74, 6) is 0.957. The van der Waals surface area contributed by atoms with E-state index in [0.717, 1.165) is 30.9 Å². The van der Waals surface area contributed by atoms with E-state index < -0.39 is 0 Å². The van der Waals surface area contributed by atoms with Crippen LogP contribution in [-0.4, -0.2) is 17.5 Å². The highest BCUT2D eigenvalue weighted by atomic mass is 16.5. The van der Waals surface area contributed by atoms with Gasteiger partial charge in [-0.25, -0.2) is 0 Å². The summed E-state index contributed by atoms with van der Waals surface area (Å²) >= 11 is 0. The van der Waals surface area contributed by atoms with Gasteiger partial charge in [-0.3, -0.25) is 4.90 Å². The van der Waals surface area contributed by atoms with Gasteiger partial charge in [0.15, 0.2) is 0 Å². The normalized spacial score (nSPS) is 15.0. The van der Waals surface area contributed by atoms with Gasteiger partial charge in [-0.15, -0.1) is 0 Å². The third-order valence-corrected chi connectivity index (χ3v) is 5.83. The quantitative estimate of drug-likeness (QED) is 0.337. The smallest absolute Gasteiger partial charge is 0.130 e. The fourth-order valence-corrected chi connectivity index (χ4v) is 4.35. The molecule has 1 aliphatic heterocycles. The minimum Gasteiger partial charge on any atom is -0.484 e. The molecule has 1 heterocycles. The van der Waals surface area contributed by atoms with E-state index >= 15 is 0 Å². The van der Waals surface area contributed by atoms with E-state index in [1.165, 1.54) is 22.3 Å². The minimum absolute atomic E-state index is 0.0208. The fraction of sp³-hybridized carbons (Fsp3) is 0.133. The molecular weight excluding hydrogens is 390 g/mol. The Morgan fingerprint density at radius 3 is 1.75 bits per heavy atom. The summed E-state index contributed by atoms with van der Waals surface area (Å²) in [5.41, 5.74) is 6.26. The van der Waals surface area contributed by atoms with Crippen molar-refractivity contribution in [3.8, 4) is 5.75 Å². The lowest BCUT2D eigenvalue weighted by Gasteiger charge is -2.31. The van der Waals surface area contributed by atoms with Crippen molar-refractivity contribution in [2.24, 2.45) is 0 Å². The molecule has 158 valence electrons. The summed E-state index contributed by atoms with van der Waals surface area (Å²) in [5, 5.41) is 0. The Hall–Kier alpha value is -3.62. The number of hydrogen-bond acceptors (Lipinski definition) is 2. The average Bonchev–Trinajstić information content (AvgIpc) is 2.85. The third-order valence-electron chi connectivity index (χ3n) is 5.83. The van der Waals surface area contributed by atoms with Crippen LogP contribution < -0.4 is 4.74 Å². The first-order valence-electron chi connectivity index (χ1n) is 11.2. The SMILES string of the molecule is C1=C(c2ccccc2)c2ccccc2OC1CN(Cc1ccccc1)Cc1ccccc1. The number of hydrogen-bond donors (Lipinski definition) is 0. The third kappa shape index (κ3) is 4.82. The molecule has 4 aromatic rings. The van der Waals surface area contributed by atoms with Crippen LogP contribution in [0.2, 0.25) is 0 Å². The second-order valence-corrected chi connectivity index (χ2v) is 8.24. The van der Waals surface area contributed by atoms with Crippen molar-refractivity contribution in [1.29, 1.82) is 0 Å². The van der Waals surface area contributed by atoms with Crippen molar-refractivity contribution in [1.82, 2.24) is 4.90 Å². The van der Waals surface area contributed by atoms with Crippen molar-refractivity contribution in [2.45, 2.75) is 19.2 Å². The van der Waals surface area contributed by atoms with Crippen LogP contribution in [0.1, 0.15) is 22.3 Å². The first kappa shape index (κ1) is 20.3. The Morgan fingerprint density at radius 2 is 1.12 bits per heavy atom. The Labute approximate surface area is 190 Å². The van der Waals surface area contributed by atoms with Crippen molar-refractivity contribution in [2.75, 3.05) is 6.54 Å². The van der Waals surface area contributed by atoms with Crippen LogP contribution in [0.5, 0.6) is 5.75 Å². The molecule has 0 spiro atoms. The molecule has 1 aliphatic rings. The van der Waals surface area contributed by atoms with Crippen LogP contribution in [0.4, 0.5) is 0 Å². The van der Waals surface area contributed by atoms with Crippen molar-refractivity contribution < 1.29 is 4.74 Å². The molecule has 2 heteroatoms. The van der Waals surface area contributed by atoms with Gasteiger partial charge >= 0.3 is 0 Å². The van der Waals surface area contributed by atoms with E-state index in [1.54, 1.807) is 0 Å². The predicted molar refractivity (Wildman–Crippen MR) is 131 cm³/mol. The molecule has 5 rings (SSSR count). The Morgan fingerprint density at radius 1 is 0.594 bits per heavy atom. The topological polar surface area (TPSA) is 12.5 Å². The zero-order valence-corrected chi connectivity index (χ0v) is 18.1. The molecule has 1 atom stereocenters. The van der Waals surface area contributed by atoms with Gasteiger partial charge < -0.3 is 4.74 Å². The standard InChI is InChI=1S/C30H27NO/c1-4-12-24(13-5-1)21-31(22-25-14-6-2-7-15-25)23-27-20-29(26-16-8-3-9-17-26)28-18-10-11-19-30(28)32-27/h1-20,27H,21-23H2. The number of nitrogens with zero attached hydrogens (tertiary/aromatic N) is 1. The molecule has 0 saturated heterocycles. The molecule has 0 saturated carbocycles. The van der Waals surface area contributed by atoms with Crippen LogP contribution in [-0.2, 0) is 13.1 Å². The summed E-state index contributed by atoms with van der Waals surface area (Å²) in [6.45, 7) is 2.58. The zero-order chi connectivity index (χ0) is 21.6. The molecule has 0 fully saturated rings. The maximum absolute atomic E-state index is 6.47. The van der Waals surface area contributed by atoms with E-state index in [4.69, 9.17) is 4.74 Å². The molecule has 32 heavy (non-hydrogen) atoms. The molecule has 1 unspecified atom stereocenters. The van der Waals surface area contributed by atoms with Gasteiger partial charge in [0, 0.05) is 25.2 Å². The summed E-state index contributed by atoms with van der Waals surface area (Å²) in [4.78, 5) is 2.47. The Bertz CT molecular complexity index is 1130. The summed E-state index contributed by atoms with van der Waals surface area (Å²) in [7, 11) is 0. The van der Waals surface area contributed by atoms with Gasteiger partial charge in [0.25, 0.3) is 0 Å². The van der Waals surface area contributed by atoms with Crippen LogP contribution in [0.25, 0.3) is 5.57 Å². The van der Waals surface area contributed by atoms with E-state index in [2.05, 4.69) is 126 Å². The van der Waals surface area contributed by atoms with Crippen molar-refractivity contribution in [3.05, 3.63) is 144 Å². The van der Waals surface area contributed by atoms with E-state index in [9.17, 15) is 0 Å². The van der Waals surface area contributed by atoms with E-state index in [-0.39, 0.29) is 6.10 Å². The largest absolute Gasteiger partial charge is 0.484 e. The van der Waals surface area contributed by atoms with Gasteiger partial charge in [0.1, 0.15) is 11.9 Å². The summed E-state index contributed by atoms with van der Waals surface area (Å²) in [6, 6.07) is 40.3. The summed E-state index contributed by atoms with van der Waals surface area (Å²) in [6.07, 6.45) is 2.27. The number of benzene rings is 4. The van der Waals surface area contributed by atoms with Gasteiger partial charge in [-0.1, -0.05) is 109 Å². The maximum atomic E-state index is 6.47. The first-order valence-corrected chi connectivity index (χ1v) is 11.2.